The highest BCUT2D eigenvalue weighted by atomic mass is 32.2. The number of aromatic nitrogens is 2. The highest BCUT2D eigenvalue weighted by molar-refractivity contribution is 7.90. The maximum atomic E-state index is 13.5. The van der Waals surface area contributed by atoms with Crippen molar-refractivity contribution in [1.82, 2.24) is 8.96 Å². The van der Waals surface area contributed by atoms with Gasteiger partial charge in [-0.15, -0.1) is 0 Å². The van der Waals surface area contributed by atoms with Gasteiger partial charge in [0.2, 0.25) is 0 Å². The van der Waals surface area contributed by atoms with Gasteiger partial charge in [0.05, 0.1) is 22.2 Å². The van der Waals surface area contributed by atoms with Gasteiger partial charge in [-0.25, -0.2) is 12.4 Å². The van der Waals surface area contributed by atoms with Crippen LogP contribution in [-0.4, -0.2) is 23.2 Å². The zero-order valence-electron chi connectivity index (χ0n) is 16.1. The van der Waals surface area contributed by atoms with Crippen molar-refractivity contribution in [2.75, 3.05) is 0 Å². The molecule has 0 saturated carbocycles. The maximum absolute atomic E-state index is 13.5. The molecular formula is C23H17N3O3S. The Hall–Kier alpha value is -3.76. The highest BCUT2D eigenvalue weighted by Gasteiger charge is 2.26. The first-order valence-electron chi connectivity index (χ1n) is 9.21. The van der Waals surface area contributed by atoms with Crippen LogP contribution in [0.2, 0.25) is 0 Å². The minimum absolute atomic E-state index is 0.0368. The first-order chi connectivity index (χ1) is 14.4. The lowest BCUT2D eigenvalue weighted by atomic mass is 10.1. The van der Waals surface area contributed by atoms with Gasteiger partial charge in [-0.05, 0) is 43.3 Å². The lowest BCUT2D eigenvalue weighted by molar-refractivity contribution is 0.0992. The van der Waals surface area contributed by atoms with Crippen molar-refractivity contribution in [3.05, 3.63) is 84.2 Å². The molecule has 0 fully saturated rings. The number of hydrogen-bond donors (Lipinski definition) is 0. The van der Waals surface area contributed by atoms with E-state index in [2.05, 4.69) is 4.98 Å². The number of nitrogens with zero attached hydrogens (tertiary/aromatic N) is 3. The number of ketones is 1. The van der Waals surface area contributed by atoms with Crippen LogP contribution < -0.4 is 0 Å². The topological polar surface area (TPSA) is 92.8 Å². The molecule has 0 N–H and O–H groups in total. The van der Waals surface area contributed by atoms with Gasteiger partial charge in [0, 0.05) is 17.1 Å². The molecule has 0 amide bonds. The van der Waals surface area contributed by atoms with Gasteiger partial charge in [-0.1, -0.05) is 35.9 Å². The molecule has 2 aromatic heterocycles. The molecule has 0 radical (unpaired) electrons. The van der Waals surface area contributed by atoms with E-state index >= 15 is 0 Å². The summed E-state index contributed by atoms with van der Waals surface area (Å²) in [5.74, 6) is -0.552. The van der Waals surface area contributed by atoms with Gasteiger partial charge in [0.15, 0.2) is 5.78 Å². The number of fused-ring (bicyclic) bond motifs is 1. The van der Waals surface area contributed by atoms with Gasteiger partial charge in [-0.2, -0.15) is 5.26 Å². The largest absolute Gasteiger partial charge is 0.291 e. The molecule has 0 saturated heterocycles. The summed E-state index contributed by atoms with van der Waals surface area (Å²) in [5, 5.41) is 9.56. The van der Waals surface area contributed by atoms with E-state index in [0.717, 1.165) is 15.1 Å². The first-order valence-corrected chi connectivity index (χ1v) is 10.6. The van der Waals surface area contributed by atoms with E-state index in [4.69, 9.17) is 5.26 Å². The van der Waals surface area contributed by atoms with E-state index in [-0.39, 0.29) is 10.6 Å². The van der Waals surface area contributed by atoms with Crippen LogP contribution >= 0.6 is 0 Å². The lowest BCUT2D eigenvalue weighted by Crippen LogP contribution is -2.18. The van der Waals surface area contributed by atoms with E-state index in [0.29, 0.717) is 16.6 Å². The van der Waals surface area contributed by atoms with E-state index in [9.17, 15) is 13.2 Å². The van der Waals surface area contributed by atoms with Crippen molar-refractivity contribution in [3.63, 3.8) is 0 Å². The summed E-state index contributed by atoms with van der Waals surface area (Å²) < 4.78 is 28.1. The van der Waals surface area contributed by atoms with Gasteiger partial charge < -0.3 is 0 Å². The standard InChI is InChI=1S/C23H17N3O3S/c1-16-5-9-19(10-6-16)30(28,29)26-21-14-17(20-4-2-3-13-25-20)7-8-18(21)15-22(26)23(27)11-12-24/h2-10,13-15H,11H2,1H3. The van der Waals surface area contributed by atoms with E-state index in [1.54, 1.807) is 42.6 Å². The van der Waals surface area contributed by atoms with Crippen LogP contribution in [0, 0.1) is 18.3 Å². The molecular weight excluding hydrogens is 398 g/mol. The van der Waals surface area contributed by atoms with Crippen LogP contribution in [-0.2, 0) is 10.0 Å². The molecule has 6 nitrogen and oxygen atoms in total. The summed E-state index contributed by atoms with van der Waals surface area (Å²) in [5.41, 5.74) is 2.65. The molecule has 0 atom stereocenters. The molecule has 0 aliphatic rings. The first kappa shape index (κ1) is 19.6. The second-order valence-electron chi connectivity index (χ2n) is 6.86. The minimum Gasteiger partial charge on any atom is -0.291 e. The van der Waals surface area contributed by atoms with Crippen LogP contribution in [0.15, 0.2) is 77.8 Å². The van der Waals surface area contributed by atoms with Gasteiger partial charge in [-0.3, -0.25) is 9.78 Å². The van der Waals surface area contributed by atoms with Crippen LogP contribution in [0.5, 0.6) is 0 Å². The average Bonchev–Trinajstić information content (AvgIpc) is 3.14. The molecule has 0 aliphatic carbocycles. The molecule has 2 heterocycles. The normalized spacial score (nSPS) is 11.3. The molecule has 4 rings (SSSR count). The van der Waals surface area contributed by atoms with E-state index < -0.39 is 22.2 Å². The third-order valence-corrected chi connectivity index (χ3v) is 6.55. The number of Topliss-reactive ketones (excluding diaryl/α,β-unsaturated/α-hetero) is 1. The van der Waals surface area contributed by atoms with Crippen molar-refractivity contribution in [3.8, 4) is 17.3 Å². The Morgan fingerprint density at radius 2 is 1.83 bits per heavy atom. The van der Waals surface area contributed by atoms with E-state index in [1.165, 1.54) is 18.2 Å². The number of hydrogen-bond acceptors (Lipinski definition) is 5. The molecule has 0 bridgehead atoms. The molecule has 0 spiro atoms. The fourth-order valence-corrected chi connectivity index (χ4v) is 4.82. The molecule has 7 heteroatoms. The number of pyridine rings is 1. The second-order valence-corrected chi connectivity index (χ2v) is 8.65. The second kappa shape index (κ2) is 7.58. The number of rotatable bonds is 5. The molecule has 4 aromatic rings. The van der Waals surface area contributed by atoms with Gasteiger partial charge in [0.25, 0.3) is 10.0 Å². The fraction of sp³-hybridized carbons (Fsp3) is 0.0870. The van der Waals surface area contributed by atoms with E-state index in [1.807, 2.05) is 25.1 Å². The summed E-state index contributed by atoms with van der Waals surface area (Å²) in [6.07, 6.45) is 1.25. The number of aryl methyl sites for hydroxylation is 1. The maximum Gasteiger partial charge on any atom is 0.268 e. The molecule has 148 valence electrons. The molecule has 0 aliphatic heterocycles. The fourth-order valence-electron chi connectivity index (χ4n) is 3.30. The van der Waals surface area contributed by atoms with Crippen LogP contribution in [0.1, 0.15) is 22.5 Å². The minimum atomic E-state index is -4.07. The quantitative estimate of drug-likeness (QED) is 0.452. The third kappa shape index (κ3) is 3.38. The highest BCUT2D eigenvalue weighted by Crippen LogP contribution is 2.30. The summed E-state index contributed by atoms with van der Waals surface area (Å²) in [6, 6.07) is 20.5. The Labute approximate surface area is 174 Å². The van der Waals surface area contributed by atoms with Crippen molar-refractivity contribution in [2.24, 2.45) is 0 Å². The van der Waals surface area contributed by atoms with Crippen molar-refractivity contribution < 1.29 is 13.2 Å². The van der Waals surface area contributed by atoms with Crippen LogP contribution in [0.4, 0.5) is 0 Å². The van der Waals surface area contributed by atoms with Crippen LogP contribution in [0.25, 0.3) is 22.2 Å². The smallest absolute Gasteiger partial charge is 0.268 e. The molecule has 30 heavy (non-hydrogen) atoms. The summed E-state index contributed by atoms with van der Waals surface area (Å²) in [6.45, 7) is 1.86. The average molecular weight is 415 g/mol. The number of nitriles is 1. The predicted octanol–water partition coefficient (Wildman–Crippen LogP) is 4.35. The molecule has 0 unspecified atom stereocenters. The summed E-state index contributed by atoms with van der Waals surface area (Å²) >= 11 is 0. The Morgan fingerprint density at radius 1 is 1.07 bits per heavy atom. The Kier molecular flexibility index (Phi) is 4.94. The number of benzene rings is 2. The molecule has 2 aromatic carbocycles. The Bertz CT molecular complexity index is 1400. The van der Waals surface area contributed by atoms with Crippen molar-refractivity contribution in [2.45, 2.75) is 18.2 Å². The number of carbonyl (C=O) groups is 1. The summed E-state index contributed by atoms with van der Waals surface area (Å²) in [7, 11) is -4.07. The van der Waals surface area contributed by atoms with Crippen molar-refractivity contribution in [1.29, 1.82) is 5.26 Å². The van der Waals surface area contributed by atoms with Crippen molar-refractivity contribution >= 4 is 26.7 Å². The van der Waals surface area contributed by atoms with Gasteiger partial charge in [0.1, 0.15) is 12.1 Å². The Morgan fingerprint density at radius 3 is 2.50 bits per heavy atom. The number of carbonyl (C=O) groups excluding carboxylic acids is 1. The van der Waals surface area contributed by atoms with Crippen LogP contribution in [0.3, 0.4) is 0 Å². The SMILES string of the molecule is Cc1ccc(S(=O)(=O)n2c(C(=O)CC#N)cc3ccc(-c4ccccn4)cc32)cc1. The predicted molar refractivity (Wildman–Crippen MR) is 113 cm³/mol. The zero-order valence-corrected chi connectivity index (χ0v) is 16.9. The Balaban J connectivity index is 2.01. The van der Waals surface area contributed by atoms with Gasteiger partial charge >= 0.3 is 0 Å². The third-order valence-electron chi connectivity index (χ3n) is 4.81. The summed E-state index contributed by atoms with van der Waals surface area (Å²) in [4.78, 5) is 17.0. The zero-order chi connectivity index (χ0) is 21.3. The monoisotopic (exact) mass is 415 g/mol. The lowest BCUT2D eigenvalue weighted by Gasteiger charge is -2.12.